The number of allylic oxidation sites excluding steroid dienone is 1. The van der Waals surface area contributed by atoms with E-state index < -0.39 is 0 Å². The van der Waals surface area contributed by atoms with Crippen molar-refractivity contribution in [2.75, 3.05) is 26.2 Å². The van der Waals surface area contributed by atoms with Crippen molar-refractivity contribution in [3.05, 3.63) is 12.2 Å². The fourth-order valence-electron chi connectivity index (χ4n) is 1.51. The molecule has 0 fully saturated rings. The summed E-state index contributed by atoms with van der Waals surface area (Å²) in [5.74, 6) is -0.306. The second-order valence-electron chi connectivity index (χ2n) is 4.17. The molecule has 100 valence electrons. The number of hydrogen-bond donors (Lipinski definition) is 1. The Morgan fingerprint density at radius 1 is 1.47 bits per heavy atom. The molecule has 0 radical (unpaired) electrons. The summed E-state index contributed by atoms with van der Waals surface area (Å²) in [5, 5.41) is 9.35. The van der Waals surface area contributed by atoms with E-state index in [2.05, 4.69) is 11.8 Å². The summed E-state index contributed by atoms with van der Waals surface area (Å²) >= 11 is 0. The molecule has 0 heterocycles. The van der Waals surface area contributed by atoms with E-state index in [9.17, 15) is 9.90 Å². The van der Waals surface area contributed by atoms with Gasteiger partial charge in [-0.1, -0.05) is 19.4 Å². The van der Waals surface area contributed by atoms with Gasteiger partial charge >= 0.3 is 5.97 Å². The zero-order chi connectivity index (χ0) is 13.1. The van der Waals surface area contributed by atoms with Gasteiger partial charge in [0.25, 0.3) is 0 Å². The maximum absolute atomic E-state index is 11.1. The standard InChI is InChI=1S/C13H25NO3/c1-4-6-8-14(11-12(3)15)9-10-17-13(16)7-5-2/h5,7,12,15H,4,6,8-11H2,1-3H3/b7-5+. The van der Waals surface area contributed by atoms with E-state index in [1.807, 2.05) is 0 Å². The van der Waals surface area contributed by atoms with Gasteiger partial charge in [0.2, 0.25) is 0 Å². The molecule has 0 saturated carbocycles. The SMILES string of the molecule is C/C=C/C(=O)OCCN(CCCC)CC(C)O. The summed E-state index contributed by atoms with van der Waals surface area (Å²) in [6, 6.07) is 0. The highest BCUT2D eigenvalue weighted by molar-refractivity contribution is 5.81. The maximum atomic E-state index is 11.1. The highest BCUT2D eigenvalue weighted by Gasteiger charge is 2.08. The molecule has 0 amide bonds. The second-order valence-corrected chi connectivity index (χ2v) is 4.17. The minimum Gasteiger partial charge on any atom is -0.461 e. The summed E-state index contributed by atoms with van der Waals surface area (Å²) in [7, 11) is 0. The van der Waals surface area contributed by atoms with E-state index in [0.29, 0.717) is 19.7 Å². The van der Waals surface area contributed by atoms with Crippen molar-refractivity contribution in [3.63, 3.8) is 0 Å². The Morgan fingerprint density at radius 3 is 2.71 bits per heavy atom. The van der Waals surface area contributed by atoms with Crippen LogP contribution >= 0.6 is 0 Å². The summed E-state index contributed by atoms with van der Waals surface area (Å²) in [6.45, 7) is 8.29. The Kier molecular flexibility index (Phi) is 9.77. The predicted octanol–water partition coefficient (Wildman–Crippen LogP) is 1.59. The minimum absolute atomic E-state index is 0.306. The van der Waals surface area contributed by atoms with Gasteiger partial charge < -0.3 is 9.84 Å². The first-order valence-corrected chi connectivity index (χ1v) is 6.30. The highest BCUT2D eigenvalue weighted by Crippen LogP contribution is 1.97. The number of esters is 1. The molecule has 0 rings (SSSR count). The van der Waals surface area contributed by atoms with Crippen LogP contribution in [-0.2, 0) is 9.53 Å². The summed E-state index contributed by atoms with van der Waals surface area (Å²) in [5.41, 5.74) is 0. The van der Waals surface area contributed by atoms with E-state index >= 15 is 0 Å². The van der Waals surface area contributed by atoms with Crippen LogP contribution < -0.4 is 0 Å². The van der Waals surface area contributed by atoms with Crippen LogP contribution in [0.2, 0.25) is 0 Å². The molecule has 0 aliphatic rings. The fourth-order valence-corrected chi connectivity index (χ4v) is 1.51. The number of rotatable bonds is 9. The van der Waals surface area contributed by atoms with Crippen LogP contribution in [-0.4, -0.2) is 48.3 Å². The van der Waals surface area contributed by atoms with Gasteiger partial charge in [0.1, 0.15) is 6.61 Å². The van der Waals surface area contributed by atoms with Crippen LogP contribution in [0, 0.1) is 0 Å². The van der Waals surface area contributed by atoms with E-state index in [0.717, 1.165) is 19.4 Å². The third kappa shape index (κ3) is 10.0. The Morgan fingerprint density at radius 2 is 2.18 bits per heavy atom. The quantitative estimate of drug-likeness (QED) is 0.493. The Labute approximate surface area is 104 Å². The molecule has 1 N–H and O–H groups in total. The first-order valence-electron chi connectivity index (χ1n) is 6.30. The van der Waals surface area contributed by atoms with Crippen molar-refractivity contribution in [2.45, 2.75) is 39.7 Å². The van der Waals surface area contributed by atoms with Gasteiger partial charge in [-0.3, -0.25) is 4.90 Å². The van der Waals surface area contributed by atoms with E-state index in [1.165, 1.54) is 6.08 Å². The van der Waals surface area contributed by atoms with Gasteiger partial charge in [-0.15, -0.1) is 0 Å². The lowest BCUT2D eigenvalue weighted by Gasteiger charge is -2.23. The van der Waals surface area contributed by atoms with Crippen molar-refractivity contribution in [3.8, 4) is 0 Å². The first kappa shape index (κ1) is 16.1. The lowest BCUT2D eigenvalue weighted by Crippen LogP contribution is -2.35. The third-order valence-electron chi connectivity index (χ3n) is 2.30. The van der Waals surface area contributed by atoms with Crippen molar-refractivity contribution in [2.24, 2.45) is 0 Å². The average Bonchev–Trinajstić information content (AvgIpc) is 2.25. The average molecular weight is 243 g/mol. The Balaban J connectivity index is 3.85. The molecule has 0 aliphatic heterocycles. The topological polar surface area (TPSA) is 49.8 Å². The van der Waals surface area contributed by atoms with Crippen LogP contribution in [0.25, 0.3) is 0 Å². The number of unbranched alkanes of at least 4 members (excludes halogenated alkanes) is 1. The number of hydrogen-bond acceptors (Lipinski definition) is 4. The van der Waals surface area contributed by atoms with Crippen LogP contribution in [0.4, 0.5) is 0 Å². The van der Waals surface area contributed by atoms with Gasteiger partial charge in [0.15, 0.2) is 0 Å². The lowest BCUT2D eigenvalue weighted by atomic mass is 10.3. The molecule has 0 aromatic heterocycles. The Hall–Kier alpha value is -0.870. The summed E-state index contributed by atoms with van der Waals surface area (Å²) in [6.07, 6.45) is 4.93. The second kappa shape index (κ2) is 10.3. The van der Waals surface area contributed by atoms with Crippen LogP contribution in [0.1, 0.15) is 33.6 Å². The molecular formula is C13H25NO3. The monoisotopic (exact) mass is 243 g/mol. The smallest absolute Gasteiger partial charge is 0.330 e. The minimum atomic E-state index is -0.349. The van der Waals surface area contributed by atoms with E-state index in [1.54, 1.807) is 19.9 Å². The van der Waals surface area contributed by atoms with Gasteiger partial charge in [0, 0.05) is 19.2 Å². The molecule has 4 nitrogen and oxygen atoms in total. The molecule has 1 atom stereocenters. The number of carbonyl (C=O) groups is 1. The Bertz CT molecular complexity index is 227. The van der Waals surface area contributed by atoms with Gasteiger partial charge in [-0.25, -0.2) is 4.79 Å². The number of ether oxygens (including phenoxy) is 1. The van der Waals surface area contributed by atoms with Crippen molar-refractivity contribution < 1.29 is 14.6 Å². The highest BCUT2D eigenvalue weighted by atomic mass is 16.5. The number of nitrogens with zero attached hydrogens (tertiary/aromatic N) is 1. The third-order valence-corrected chi connectivity index (χ3v) is 2.30. The molecule has 0 aliphatic carbocycles. The molecule has 0 saturated heterocycles. The predicted molar refractivity (Wildman–Crippen MR) is 68.8 cm³/mol. The fraction of sp³-hybridized carbons (Fsp3) is 0.769. The molecule has 1 unspecified atom stereocenters. The van der Waals surface area contributed by atoms with Crippen molar-refractivity contribution in [1.82, 2.24) is 4.90 Å². The molecule has 17 heavy (non-hydrogen) atoms. The zero-order valence-corrected chi connectivity index (χ0v) is 11.2. The summed E-state index contributed by atoms with van der Waals surface area (Å²) in [4.78, 5) is 13.2. The van der Waals surface area contributed by atoms with Gasteiger partial charge in [0.05, 0.1) is 6.10 Å². The number of aliphatic hydroxyl groups excluding tert-OH is 1. The maximum Gasteiger partial charge on any atom is 0.330 e. The molecular weight excluding hydrogens is 218 g/mol. The van der Waals surface area contributed by atoms with E-state index in [-0.39, 0.29) is 12.1 Å². The van der Waals surface area contributed by atoms with Crippen molar-refractivity contribution in [1.29, 1.82) is 0 Å². The normalized spacial score (nSPS) is 13.2. The first-order chi connectivity index (χ1) is 8.10. The molecule has 0 aromatic rings. The van der Waals surface area contributed by atoms with Gasteiger partial charge in [-0.2, -0.15) is 0 Å². The van der Waals surface area contributed by atoms with Gasteiger partial charge in [-0.05, 0) is 26.8 Å². The van der Waals surface area contributed by atoms with Crippen molar-refractivity contribution >= 4 is 5.97 Å². The van der Waals surface area contributed by atoms with Crippen LogP contribution in [0.15, 0.2) is 12.2 Å². The summed E-state index contributed by atoms with van der Waals surface area (Å²) < 4.78 is 5.03. The molecule has 0 aromatic carbocycles. The largest absolute Gasteiger partial charge is 0.461 e. The lowest BCUT2D eigenvalue weighted by molar-refractivity contribution is -0.138. The van der Waals surface area contributed by atoms with Crippen LogP contribution in [0.5, 0.6) is 0 Å². The van der Waals surface area contributed by atoms with Crippen LogP contribution in [0.3, 0.4) is 0 Å². The number of carbonyl (C=O) groups excluding carboxylic acids is 1. The molecule has 0 spiro atoms. The molecule has 4 heteroatoms. The molecule has 0 bridgehead atoms. The zero-order valence-electron chi connectivity index (χ0n) is 11.2. The number of aliphatic hydroxyl groups is 1. The van der Waals surface area contributed by atoms with E-state index in [4.69, 9.17) is 4.74 Å².